The number of aldehydes is 1. The number of nitrogens with zero attached hydrogens (tertiary/aromatic N) is 2. The van der Waals surface area contributed by atoms with Crippen LogP contribution in [0.25, 0.3) is 10.4 Å². The van der Waals surface area contributed by atoms with Gasteiger partial charge in [0.2, 0.25) is 12.3 Å². The molecule has 9 heteroatoms. The lowest BCUT2D eigenvalue weighted by atomic mass is 9.91. The van der Waals surface area contributed by atoms with Crippen LogP contribution in [0.1, 0.15) is 57.7 Å². The van der Waals surface area contributed by atoms with Crippen molar-refractivity contribution < 1.29 is 18.6 Å². The molecule has 192 valence electrons. The third-order valence-electron chi connectivity index (χ3n) is 5.56. The Morgan fingerprint density at radius 2 is 2.06 bits per heavy atom. The molecule has 1 saturated heterocycles. The van der Waals surface area contributed by atoms with Gasteiger partial charge in [-0.15, -0.1) is 11.3 Å². The molecule has 0 aliphatic carbocycles. The van der Waals surface area contributed by atoms with E-state index in [1.807, 2.05) is 29.5 Å². The van der Waals surface area contributed by atoms with Gasteiger partial charge in [-0.05, 0) is 42.9 Å². The summed E-state index contributed by atoms with van der Waals surface area (Å²) in [5.74, 6) is 1.07. The van der Waals surface area contributed by atoms with E-state index in [0.717, 1.165) is 42.7 Å². The number of hydrogen-bond acceptors (Lipinski definition) is 7. The highest BCUT2D eigenvalue weighted by Crippen LogP contribution is 2.27. The molecule has 0 saturated carbocycles. The van der Waals surface area contributed by atoms with Gasteiger partial charge in [0.25, 0.3) is 0 Å². The van der Waals surface area contributed by atoms with Crippen molar-refractivity contribution in [3.63, 3.8) is 0 Å². The van der Waals surface area contributed by atoms with Crippen LogP contribution in [-0.2, 0) is 25.1 Å². The summed E-state index contributed by atoms with van der Waals surface area (Å²) in [6.45, 7) is 9.73. The van der Waals surface area contributed by atoms with E-state index < -0.39 is 5.41 Å². The minimum absolute atomic E-state index is 0.0572. The van der Waals surface area contributed by atoms with Crippen LogP contribution >= 0.6 is 23.4 Å². The van der Waals surface area contributed by atoms with Crippen molar-refractivity contribution in [3.8, 4) is 10.4 Å². The maximum atomic E-state index is 12.0. The van der Waals surface area contributed by atoms with E-state index in [1.54, 1.807) is 25.2 Å². The summed E-state index contributed by atoms with van der Waals surface area (Å²) in [5, 5.41) is 2.64. The topological polar surface area (TPSA) is 88.6 Å². The maximum absolute atomic E-state index is 12.0. The van der Waals surface area contributed by atoms with Crippen molar-refractivity contribution in [2.24, 2.45) is 5.41 Å². The average Bonchev–Trinajstić information content (AvgIpc) is 3.50. The van der Waals surface area contributed by atoms with Crippen LogP contribution in [0.3, 0.4) is 0 Å². The molecule has 1 aliphatic rings. The van der Waals surface area contributed by atoms with Crippen molar-refractivity contribution in [2.45, 2.75) is 66.0 Å². The lowest BCUT2D eigenvalue weighted by molar-refractivity contribution is -0.134. The van der Waals surface area contributed by atoms with E-state index in [4.69, 9.17) is 4.18 Å². The zero-order valence-electron chi connectivity index (χ0n) is 21.1. The summed E-state index contributed by atoms with van der Waals surface area (Å²) in [4.78, 5) is 40.3. The van der Waals surface area contributed by atoms with Gasteiger partial charge in [-0.1, -0.05) is 51.5 Å². The molecule has 7 nitrogen and oxygen atoms in total. The smallest absolute Gasteiger partial charge is 0.223 e. The van der Waals surface area contributed by atoms with E-state index >= 15 is 0 Å². The number of rotatable bonds is 12. The summed E-state index contributed by atoms with van der Waals surface area (Å²) in [7, 11) is 0. The number of hydrogen-bond donors (Lipinski definition) is 1. The normalized spacial score (nSPS) is 15.3. The number of amides is 2. The van der Waals surface area contributed by atoms with Crippen molar-refractivity contribution >= 4 is 42.0 Å². The molecule has 2 heterocycles. The quantitative estimate of drug-likeness (QED) is 0.240. The predicted molar refractivity (Wildman–Crippen MR) is 143 cm³/mol. The van der Waals surface area contributed by atoms with Crippen LogP contribution in [-0.4, -0.2) is 53.4 Å². The zero-order chi connectivity index (χ0) is 25.7. The molecule has 1 aromatic heterocycles. The fraction of sp³-hybridized carbons (Fsp3) is 0.538. The SMILES string of the molecule is CCCCSOC1CCN(C(=O)CC(C)(C)C=O)C1.Cc1ncsc1-c1ccc(CNC=O)cc1. The monoisotopic (exact) mass is 519 g/mol. The molecule has 0 bridgehead atoms. The van der Waals surface area contributed by atoms with Crippen LogP contribution in [0.15, 0.2) is 29.8 Å². The summed E-state index contributed by atoms with van der Waals surface area (Å²) >= 11 is 3.16. The molecule has 1 atom stereocenters. The second-order valence-electron chi connectivity index (χ2n) is 9.27. The molecule has 1 unspecified atom stereocenters. The summed E-state index contributed by atoms with van der Waals surface area (Å²) < 4.78 is 5.70. The summed E-state index contributed by atoms with van der Waals surface area (Å²) in [5.41, 5.74) is 4.62. The number of carbonyl (C=O) groups excluding carboxylic acids is 3. The van der Waals surface area contributed by atoms with Crippen molar-refractivity contribution in [1.29, 1.82) is 0 Å². The predicted octanol–water partition coefficient (Wildman–Crippen LogP) is 5.03. The Hall–Kier alpha value is -2.23. The number of likely N-dealkylation sites (tertiary alicyclic amines) is 1. The lowest BCUT2D eigenvalue weighted by Gasteiger charge is -2.21. The highest BCUT2D eigenvalue weighted by atomic mass is 32.2. The Morgan fingerprint density at radius 1 is 1.31 bits per heavy atom. The van der Waals surface area contributed by atoms with Gasteiger partial charge < -0.3 is 19.2 Å². The first-order valence-electron chi connectivity index (χ1n) is 12.0. The number of nitrogens with one attached hydrogen (secondary N) is 1. The number of thiazole rings is 1. The fourth-order valence-electron chi connectivity index (χ4n) is 3.44. The second-order valence-corrected chi connectivity index (χ2v) is 11.0. The zero-order valence-corrected chi connectivity index (χ0v) is 22.8. The standard InChI is InChI=1S/C14H25NO3S.C12H12N2OS/c1-4-5-8-19-18-12-6-7-15(10-12)13(17)9-14(2,3)11-16;1-9-12(16-8-14-9)11-4-2-10(3-5-11)6-13-7-15/h11-12H,4-10H2,1-3H3;2-5,7-8H,6H2,1H3,(H,13,15). The molecule has 0 radical (unpaired) electrons. The third-order valence-corrected chi connectivity index (χ3v) is 7.40. The fourth-order valence-corrected chi connectivity index (χ4v) is 5.10. The number of benzene rings is 1. The van der Waals surface area contributed by atoms with E-state index in [0.29, 0.717) is 19.5 Å². The summed E-state index contributed by atoms with van der Waals surface area (Å²) in [6.07, 6.45) is 5.22. The Kier molecular flexibility index (Phi) is 12.4. The Balaban J connectivity index is 0.000000250. The Labute approximate surface area is 217 Å². The van der Waals surface area contributed by atoms with Crippen LogP contribution < -0.4 is 5.32 Å². The molecule has 2 amide bonds. The van der Waals surface area contributed by atoms with Gasteiger partial charge >= 0.3 is 0 Å². The van der Waals surface area contributed by atoms with Crippen LogP contribution in [0.2, 0.25) is 0 Å². The van der Waals surface area contributed by atoms with Gasteiger partial charge in [0.15, 0.2) is 0 Å². The minimum atomic E-state index is -0.564. The first-order valence-corrected chi connectivity index (χ1v) is 13.8. The number of unbranched alkanes of at least 4 members (excludes halogenated alkanes) is 1. The van der Waals surface area contributed by atoms with E-state index in [2.05, 4.69) is 29.4 Å². The molecular formula is C26H37N3O4S2. The van der Waals surface area contributed by atoms with Crippen LogP contribution in [0, 0.1) is 12.3 Å². The largest absolute Gasteiger partial charge is 0.355 e. The Morgan fingerprint density at radius 3 is 2.66 bits per heavy atom. The first-order chi connectivity index (χ1) is 16.8. The van der Waals surface area contributed by atoms with E-state index in [1.165, 1.54) is 28.9 Å². The summed E-state index contributed by atoms with van der Waals surface area (Å²) in [6, 6.07) is 8.15. The third kappa shape index (κ3) is 10.1. The maximum Gasteiger partial charge on any atom is 0.223 e. The highest BCUT2D eigenvalue weighted by molar-refractivity contribution is 7.94. The molecule has 35 heavy (non-hydrogen) atoms. The van der Waals surface area contributed by atoms with Crippen molar-refractivity contribution in [3.05, 3.63) is 41.0 Å². The molecule has 0 spiro atoms. The number of aryl methyl sites for hydroxylation is 1. The van der Waals surface area contributed by atoms with Crippen molar-refractivity contribution in [1.82, 2.24) is 15.2 Å². The second kappa shape index (κ2) is 15.0. The number of aromatic nitrogens is 1. The molecule has 1 fully saturated rings. The molecule has 1 aromatic carbocycles. The molecule has 1 aliphatic heterocycles. The molecule has 2 aromatic rings. The minimum Gasteiger partial charge on any atom is -0.355 e. The first kappa shape index (κ1) is 29.0. The Bertz CT molecular complexity index is 931. The van der Waals surface area contributed by atoms with E-state index in [9.17, 15) is 14.4 Å². The van der Waals surface area contributed by atoms with Gasteiger partial charge in [0.1, 0.15) is 6.29 Å². The number of carbonyl (C=O) groups is 3. The van der Waals surface area contributed by atoms with Crippen LogP contribution in [0.4, 0.5) is 0 Å². The van der Waals surface area contributed by atoms with Crippen molar-refractivity contribution in [2.75, 3.05) is 18.8 Å². The molecule has 3 rings (SSSR count). The van der Waals surface area contributed by atoms with Gasteiger partial charge in [0.05, 0.1) is 22.2 Å². The van der Waals surface area contributed by atoms with Gasteiger partial charge in [-0.25, -0.2) is 4.98 Å². The van der Waals surface area contributed by atoms with Gasteiger partial charge in [0, 0.05) is 37.2 Å². The molecule has 1 N–H and O–H groups in total. The van der Waals surface area contributed by atoms with E-state index in [-0.39, 0.29) is 18.4 Å². The van der Waals surface area contributed by atoms with Gasteiger partial charge in [-0.3, -0.25) is 9.59 Å². The molecular weight excluding hydrogens is 482 g/mol. The highest BCUT2D eigenvalue weighted by Gasteiger charge is 2.30. The average molecular weight is 520 g/mol. The van der Waals surface area contributed by atoms with Crippen LogP contribution in [0.5, 0.6) is 0 Å². The van der Waals surface area contributed by atoms with Gasteiger partial charge in [-0.2, -0.15) is 0 Å². The lowest BCUT2D eigenvalue weighted by Crippen LogP contribution is -2.33.